The van der Waals surface area contributed by atoms with Gasteiger partial charge in [-0.25, -0.2) is 14.2 Å². The molecule has 200 valence electrons. The average molecular weight is 544 g/mol. The molecule has 0 saturated carbocycles. The monoisotopic (exact) mass is 543 g/mol. The molecule has 0 amide bonds. The molecule has 1 aliphatic heterocycles. The second kappa shape index (κ2) is 9.24. The van der Waals surface area contributed by atoms with Crippen molar-refractivity contribution in [2.75, 3.05) is 10.6 Å². The molecule has 10 nitrogen and oxygen atoms in total. The SMILES string of the molecule is Cn1nnn(-c2cc(Nc3ncc(F)c(NC4CC(C)(C)NC(C)(C)C4)n3)cc(C(F)(F)F)c2Cl)c1=O. The highest BCUT2D eigenvalue weighted by atomic mass is 35.5. The molecule has 0 spiro atoms. The summed E-state index contributed by atoms with van der Waals surface area (Å²) in [5.74, 6) is -0.964. The fourth-order valence-electron chi connectivity index (χ4n) is 4.78. The van der Waals surface area contributed by atoms with Crippen LogP contribution in [0.15, 0.2) is 23.1 Å². The Hall–Kier alpha value is -3.26. The van der Waals surface area contributed by atoms with Gasteiger partial charge in [0.1, 0.15) is 0 Å². The standard InChI is InChI=1S/C22H26ClF4N9O/c1-20(2)8-12(9-21(3,4)32-20)29-17-14(24)10-28-18(31-17)30-11-6-13(22(25,26)27)16(23)15(7-11)36-19(37)35(5)33-34-36/h6-7,10,12,32H,8-9H2,1-5H3,(H2,28,29,30,31). The van der Waals surface area contributed by atoms with E-state index in [0.717, 1.165) is 16.9 Å². The van der Waals surface area contributed by atoms with E-state index in [9.17, 15) is 22.4 Å². The molecule has 1 fully saturated rings. The number of hydrogen-bond donors (Lipinski definition) is 3. The maximum atomic E-state index is 14.6. The van der Waals surface area contributed by atoms with Crippen LogP contribution in [-0.4, -0.2) is 46.9 Å². The largest absolute Gasteiger partial charge is 0.417 e. The summed E-state index contributed by atoms with van der Waals surface area (Å²) in [7, 11) is 1.29. The molecule has 0 bridgehead atoms. The van der Waals surface area contributed by atoms with E-state index in [0.29, 0.717) is 17.5 Å². The Balaban J connectivity index is 1.68. The summed E-state index contributed by atoms with van der Waals surface area (Å²) >= 11 is 6.00. The third-order valence-electron chi connectivity index (χ3n) is 5.84. The zero-order chi connectivity index (χ0) is 27.3. The Kier molecular flexibility index (Phi) is 6.69. The summed E-state index contributed by atoms with van der Waals surface area (Å²) in [5, 5.41) is 15.6. The van der Waals surface area contributed by atoms with Crippen LogP contribution in [-0.2, 0) is 13.2 Å². The van der Waals surface area contributed by atoms with Crippen molar-refractivity contribution < 1.29 is 17.6 Å². The second-order valence-corrected chi connectivity index (χ2v) is 10.7. The topological polar surface area (TPSA) is 115 Å². The van der Waals surface area contributed by atoms with Gasteiger partial charge in [-0.05, 0) is 63.1 Å². The summed E-state index contributed by atoms with van der Waals surface area (Å²) in [6.07, 6.45) is -2.56. The van der Waals surface area contributed by atoms with Crippen LogP contribution >= 0.6 is 11.6 Å². The Bertz CT molecular complexity index is 1370. The molecule has 0 aliphatic carbocycles. The van der Waals surface area contributed by atoms with Crippen LogP contribution in [0.2, 0.25) is 5.02 Å². The van der Waals surface area contributed by atoms with Crippen molar-refractivity contribution in [3.63, 3.8) is 0 Å². The lowest BCUT2D eigenvalue weighted by Crippen LogP contribution is -2.60. The van der Waals surface area contributed by atoms with Crippen molar-refractivity contribution in [3.8, 4) is 5.69 Å². The van der Waals surface area contributed by atoms with E-state index in [1.54, 1.807) is 0 Å². The predicted octanol–water partition coefficient (Wildman–Crippen LogP) is 4.03. The van der Waals surface area contributed by atoms with E-state index >= 15 is 0 Å². The molecule has 37 heavy (non-hydrogen) atoms. The van der Waals surface area contributed by atoms with Gasteiger partial charge in [-0.1, -0.05) is 11.6 Å². The fraction of sp³-hybridized carbons (Fsp3) is 0.500. The first kappa shape index (κ1) is 26.8. The molecule has 3 aromatic rings. The highest BCUT2D eigenvalue weighted by molar-refractivity contribution is 6.33. The highest BCUT2D eigenvalue weighted by Crippen LogP contribution is 2.40. The van der Waals surface area contributed by atoms with Crippen molar-refractivity contribution in [2.45, 2.75) is 63.8 Å². The van der Waals surface area contributed by atoms with Crippen LogP contribution in [0.5, 0.6) is 0 Å². The van der Waals surface area contributed by atoms with Crippen LogP contribution in [0, 0.1) is 5.82 Å². The molecule has 15 heteroatoms. The van der Waals surface area contributed by atoms with Crippen LogP contribution in [0.25, 0.3) is 5.69 Å². The number of aryl methyl sites for hydroxylation is 1. The van der Waals surface area contributed by atoms with Crippen LogP contribution in [0.3, 0.4) is 0 Å². The molecule has 0 radical (unpaired) electrons. The number of anilines is 3. The van der Waals surface area contributed by atoms with Crippen molar-refractivity contribution in [2.24, 2.45) is 7.05 Å². The van der Waals surface area contributed by atoms with Crippen molar-refractivity contribution in [1.29, 1.82) is 0 Å². The van der Waals surface area contributed by atoms with E-state index in [2.05, 4.69) is 36.3 Å². The maximum Gasteiger partial charge on any atom is 0.417 e. The average Bonchev–Trinajstić information content (AvgIpc) is 3.07. The van der Waals surface area contributed by atoms with Gasteiger partial charge in [0.2, 0.25) is 5.95 Å². The Morgan fingerprint density at radius 3 is 2.35 bits per heavy atom. The van der Waals surface area contributed by atoms with E-state index in [4.69, 9.17) is 11.6 Å². The van der Waals surface area contributed by atoms with E-state index in [1.165, 1.54) is 13.1 Å². The number of aromatic nitrogens is 6. The summed E-state index contributed by atoms with van der Waals surface area (Å²) < 4.78 is 57.3. The summed E-state index contributed by atoms with van der Waals surface area (Å²) in [6, 6.07) is 1.79. The molecular weight excluding hydrogens is 518 g/mol. The highest BCUT2D eigenvalue weighted by Gasteiger charge is 2.38. The smallest absolute Gasteiger partial charge is 0.365 e. The van der Waals surface area contributed by atoms with Gasteiger partial charge in [0.05, 0.1) is 22.5 Å². The second-order valence-electron chi connectivity index (χ2n) is 10.3. The van der Waals surface area contributed by atoms with Gasteiger partial charge in [-0.2, -0.15) is 27.5 Å². The van der Waals surface area contributed by atoms with Gasteiger partial charge in [0, 0.05) is 29.9 Å². The molecule has 0 unspecified atom stereocenters. The fourth-order valence-corrected chi connectivity index (χ4v) is 5.08. The lowest BCUT2D eigenvalue weighted by atomic mass is 9.79. The van der Waals surface area contributed by atoms with Crippen molar-refractivity contribution in [3.05, 3.63) is 45.2 Å². The first-order chi connectivity index (χ1) is 17.0. The van der Waals surface area contributed by atoms with E-state index < -0.39 is 28.3 Å². The number of alkyl halides is 3. The molecule has 1 saturated heterocycles. The minimum absolute atomic E-state index is 0.0913. The first-order valence-corrected chi connectivity index (χ1v) is 11.7. The number of rotatable bonds is 5. The first-order valence-electron chi connectivity index (χ1n) is 11.3. The molecule has 3 heterocycles. The number of halogens is 5. The maximum absolute atomic E-state index is 14.6. The molecule has 3 N–H and O–H groups in total. The van der Waals surface area contributed by atoms with Crippen molar-refractivity contribution >= 4 is 29.1 Å². The van der Waals surface area contributed by atoms with Crippen LogP contribution in [0.4, 0.5) is 35.0 Å². The number of hydrogen-bond acceptors (Lipinski definition) is 8. The third kappa shape index (κ3) is 5.85. The molecule has 1 aromatic carbocycles. The molecule has 2 aromatic heterocycles. The summed E-state index contributed by atoms with van der Waals surface area (Å²) in [5.41, 5.74) is -2.94. The minimum Gasteiger partial charge on any atom is -0.365 e. The van der Waals surface area contributed by atoms with Gasteiger partial charge >= 0.3 is 11.9 Å². The quantitative estimate of drug-likeness (QED) is 0.413. The van der Waals surface area contributed by atoms with Crippen molar-refractivity contribution in [1.82, 2.24) is 35.1 Å². The van der Waals surface area contributed by atoms with Crippen LogP contribution < -0.4 is 21.6 Å². The number of nitrogens with one attached hydrogen (secondary N) is 3. The van der Waals surface area contributed by atoms with Gasteiger partial charge < -0.3 is 16.0 Å². The summed E-state index contributed by atoms with van der Waals surface area (Å²) in [6.45, 7) is 8.19. The van der Waals surface area contributed by atoms with Gasteiger partial charge in [0.15, 0.2) is 11.6 Å². The normalized spacial score (nSPS) is 17.6. The number of nitrogens with zero attached hydrogens (tertiary/aromatic N) is 6. The lowest BCUT2D eigenvalue weighted by molar-refractivity contribution is -0.137. The zero-order valence-electron chi connectivity index (χ0n) is 20.7. The number of piperidine rings is 1. The zero-order valence-corrected chi connectivity index (χ0v) is 21.5. The summed E-state index contributed by atoms with van der Waals surface area (Å²) in [4.78, 5) is 20.3. The third-order valence-corrected chi connectivity index (χ3v) is 6.24. The van der Waals surface area contributed by atoms with Gasteiger partial charge in [-0.15, -0.1) is 0 Å². The van der Waals surface area contributed by atoms with E-state index in [-0.39, 0.29) is 40.3 Å². The van der Waals surface area contributed by atoms with Gasteiger partial charge in [0.25, 0.3) is 0 Å². The van der Waals surface area contributed by atoms with Gasteiger partial charge in [-0.3, -0.25) is 0 Å². The molecule has 0 atom stereocenters. The minimum atomic E-state index is -4.85. The predicted molar refractivity (Wildman–Crippen MR) is 130 cm³/mol. The Morgan fingerprint density at radius 2 is 1.78 bits per heavy atom. The van der Waals surface area contributed by atoms with E-state index in [1.807, 2.05) is 27.7 Å². The number of benzene rings is 1. The Labute approximate surface area is 214 Å². The molecule has 1 aliphatic rings. The molecule has 4 rings (SSSR count). The number of tetrazole rings is 1. The van der Waals surface area contributed by atoms with Crippen LogP contribution in [0.1, 0.15) is 46.1 Å². The Morgan fingerprint density at radius 1 is 1.14 bits per heavy atom. The molecular formula is C22H26ClF4N9O. The lowest BCUT2D eigenvalue weighted by Gasteiger charge is -2.46.